The molecule has 1 amide bonds. The van der Waals surface area contributed by atoms with Crippen LogP contribution in [0.25, 0.3) is 0 Å². The molecular weight excluding hydrogens is 406 g/mol. The van der Waals surface area contributed by atoms with Gasteiger partial charge in [0.2, 0.25) is 17.7 Å². The molecule has 6 nitrogen and oxygen atoms in total. The van der Waals surface area contributed by atoms with E-state index in [1.54, 1.807) is 0 Å². The summed E-state index contributed by atoms with van der Waals surface area (Å²) < 4.78 is 35.3. The Morgan fingerprint density at radius 3 is 2.48 bits per heavy atom. The second kappa shape index (κ2) is 9.60. The number of halogens is 2. The van der Waals surface area contributed by atoms with Crippen LogP contribution in [0.3, 0.4) is 0 Å². The van der Waals surface area contributed by atoms with Crippen molar-refractivity contribution in [2.45, 2.75) is 63.6 Å². The van der Waals surface area contributed by atoms with Gasteiger partial charge in [0.1, 0.15) is 5.69 Å². The third-order valence-corrected chi connectivity index (χ3v) is 5.83. The summed E-state index contributed by atoms with van der Waals surface area (Å²) in [5.74, 6) is -0.466. The fourth-order valence-electron chi connectivity index (χ4n) is 4.20. The molecule has 8 heteroatoms. The molecule has 0 unspecified atom stereocenters. The molecule has 0 bridgehead atoms. The van der Waals surface area contributed by atoms with Gasteiger partial charge in [-0.15, -0.1) is 0 Å². The number of pyridine rings is 1. The summed E-state index contributed by atoms with van der Waals surface area (Å²) in [4.78, 5) is 17.6. The SMILES string of the molecule is COc1ccc(NC(=O)C2(c3ccccc3C(C)C)CCC(O)CC2)c(OC(F)F)n1. The highest BCUT2D eigenvalue weighted by Gasteiger charge is 2.44. The molecule has 1 aromatic heterocycles. The fourth-order valence-corrected chi connectivity index (χ4v) is 4.20. The molecule has 1 aromatic carbocycles. The predicted octanol–water partition coefficient (Wildman–Crippen LogP) is 4.63. The van der Waals surface area contributed by atoms with E-state index in [2.05, 4.69) is 28.9 Å². The lowest BCUT2D eigenvalue weighted by molar-refractivity contribution is -0.123. The Morgan fingerprint density at radius 1 is 1.19 bits per heavy atom. The van der Waals surface area contributed by atoms with E-state index in [1.165, 1.54) is 19.2 Å². The normalized spacial score (nSPS) is 21.2. The van der Waals surface area contributed by atoms with Gasteiger partial charge >= 0.3 is 6.61 Å². The van der Waals surface area contributed by atoms with Gasteiger partial charge in [0.25, 0.3) is 0 Å². The largest absolute Gasteiger partial charge is 0.481 e. The number of hydrogen-bond donors (Lipinski definition) is 2. The summed E-state index contributed by atoms with van der Waals surface area (Å²) in [6.07, 6.45) is 1.37. The maximum atomic E-state index is 13.7. The third kappa shape index (κ3) is 4.95. The fraction of sp³-hybridized carbons (Fsp3) is 0.478. The minimum atomic E-state index is -3.10. The molecule has 1 aliphatic rings. The van der Waals surface area contributed by atoms with Gasteiger partial charge in [-0.25, -0.2) is 0 Å². The molecule has 31 heavy (non-hydrogen) atoms. The molecule has 168 valence electrons. The minimum absolute atomic E-state index is 0.0404. The summed E-state index contributed by atoms with van der Waals surface area (Å²) >= 11 is 0. The van der Waals surface area contributed by atoms with Crippen LogP contribution in [0, 0.1) is 0 Å². The molecule has 0 saturated heterocycles. The minimum Gasteiger partial charge on any atom is -0.481 e. The molecule has 1 heterocycles. The van der Waals surface area contributed by atoms with Crippen LogP contribution in [0.15, 0.2) is 36.4 Å². The summed E-state index contributed by atoms with van der Waals surface area (Å²) in [5.41, 5.74) is 1.08. The van der Waals surface area contributed by atoms with E-state index in [0.717, 1.165) is 11.1 Å². The molecule has 1 fully saturated rings. The smallest absolute Gasteiger partial charge is 0.388 e. The van der Waals surface area contributed by atoms with Crippen LogP contribution >= 0.6 is 0 Å². The number of aromatic nitrogens is 1. The maximum Gasteiger partial charge on any atom is 0.388 e. The monoisotopic (exact) mass is 434 g/mol. The molecule has 3 rings (SSSR count). The number of nitrogens with one attached hydrogen (secondary N) is 1. The molecule has 0 radical (unpaired) electrons. The van der Waals surface area contributed by atoms with Crippen LogP contribution in [0.5, 0.6) is 11.8 Å². The van der Waals surface area contributed by atoms with Gasteiger partial charge in [0.15, 0.2) is 0 Å². The van der Waals surface area contributed by atoms with Gasteiger partial charge in [0, 0.05) is 6.07 Å². The zero-order chi connectivity index (χ0) is 22.6. The Bertz CT molecular complexity index is 912. The van der Waals surface area contributed by atoms with Crippen molar-refractivity contribution in [2.75, 3.05) is 12.4 Å². The first-order chi connectivity index (χ1) is 14.8. The molecule has 1 saturated carbocycles. The van der Waals surface area contributed by atoms with Crippen molar-refractivity contribution in [1.29, 1.82) is 0 Å². The number of methoxy groups -OCH3 is 1. The zero-order valence-electron chi connectivity index (χ0n) is 17.9. The molecule has 0 aliphatic heterocycles. The Hall–Kier alpha value is -2.74. The second-order valence-electron chi connectivity index (χ2n) is 8.09. The highest BCUT2D eigenvalue weighted by atomic mass is 19.3. The Balaban J connectivity index is 2.02. The highest BCUT2D eigenvalue weighted by Crippen LogP contribution is 2.44. The van der Waals surface area contributed by atoms with Crippen molar-refractivity contribution in [3.8, 4) is 11.8 Å². The average Bonchev–Trinajstić information content (AvgIpc) is 2.75. The Labute approximate surface area is 180 Å². The number of aliphatic hydroxyl groups excluding tert-OH is 1. The van der Waals surface area contributed by atoms with Crippen LogP contribution in [0.2, 0.25) is 0 Å². The van der Waals surface area contributed by atoms with E-state index in [0.29, 0.717) is 25.7 Å². The second-order valence-corrected chi connectivity index (χ2v) is 8.09. The van der Waals surface area contributed by atoms with Crippen molar-refractivity contribution in [3.63, 3.8) is 0 Å². The Kier molecular flexibility index (Phi) is 7.10. The first-order valence-corrected chi connectivity index (χ1v) is 10.4. The maximum absolute atomic E-state index is 13.7. The lowest BCUT2D eigenvalue weighted by atomic mass is 9.66. The average molecular weight is 434 g/mol. The van der Waals surface area contributed by atoms with Gasteiger partial charge in [-0.2, -0.15) is 13.8 Å². The lowest BCUT2D eigenvalue weighted by Crippen LogP contribution is -2.45. The first-order valence-electron chi connectivity index (χ1n) is 10.4. The number of benzene rings is 1. The van der Waals surface area contributed by atoms with Crippen LogP contribution in [-0.4, -0.2) is 35.8 Å². The number of carbonyl (C=O) groups excluding carboxylic acids is 1. The van der Waals surface area contributed by atoms with Crippen molar-refractivity contribution >= 4 is 11.6 Å². The van der Waals surface area contributed by atoms with Gasteiger partial charge in [0.05, 0.1) is 18.6 Å². The van der Waals surface area contributed by atoms with Crippen molar-refractivity contribution in [2.24, 2.45) is 0 Å². The van der Waals surface area contributed by atoms with Gasteiger partial charge in [-0.3, -0.25) is 4.79 Å². The molecule has 1 aliphatic carbocycles. The van der Waals surface area contributed by atoms with E-state index < -0.39 is 24.0 Å². The number of carbonyl (C=O) groups is 1. The Morgan fingerprint density at radius 2 is 1.87 bits per heavy atom. The van der Waals surface area contributed by atoms with Gasteiger partial charge in [-0.05, 0) is 48.8 Å². The number of aliphatic hydroxyl groups is 1. The number of anilines is 1. The molecule has 0 atom stereocenters. The molecule has 2 aromatic rings. The number of rotatable bonds is 7. The molecular formula is C23H28F2N2O4. The zero-order valence-corrected chi connectivity index (χ0v) is 17.9. The van der Waals surface area contributed by atoms with Gasteiger partial charge in [-0.1, -0.05) is 38.1 Å². The van der Waals surface area contributed by atoms with Crippen molar-refractivity contribution < 1.29 is 28.2 Å². The molecule has 0 spiro atoms. The van der Waals surface area contributed by atoms with Crippen molar-refractivity contribution in [1.82, 2.24) is 4.98 Å². The van der Waals surface area contributed by atoms with E-state index in [9.17, 15) is 18.7 Å². The summed E-state index contributed by atoms with van der Waals surface area (Å²) in [6.45, 7) is 1.02. The summed E-state index contributed by atoms with van der Waals surface area (Å²) in [6, 6.07) is 10.7. The lowest BCUT2D eigenvalue weighted by Gasteiger charge is -2.39. The number of amides is 1. The van der Waals surface area contributed by atoms with Crippen LogP contribution in [0.1, 0.15) is 56.6 Å². The van der Waals surface area contributed by atoms with Gasteiger partial charge < -0.3 is 19.9 Å². The summed E-state index contributed by atoms with van der Waals surface area (Å²) in [7, 11) is 1.36. The van der Waals surface area contributed by atoms with Crippen molar-refractivity contribution in [3.05, 3.63) is 47.5 Å². The van der Waals surface area contributed by atoms with E-state index in [1.807, 2.05) is 24.3 Å². The highest BCUT2D eigenvalue weighted by molar-refractivity contribution is 6.00. The van der Waals surface area contributed by atoms with E-state index >= 15 is 0 Å². The standard InChI is InChI=1S/C23H28F2N2O4/c1-14(2)16-6-4-5-7-17(16)23(12-10-15(28)11-13-23)21(29)26-18-8-9-19(30-3)27-20(18)31-22(24)25/h4-9,14-15,22,28H,10-13H2,1-3H3,(H,26,29). The first kappa shape index (κ1) is 22.9. The van der Waals surface area contributed by atoms with E-state index in [4.69, 9.17) is 4.74 Å². The number of hydrogen-bond acceptors (Lipinski definition) is 5. The topological polar surface area (TPSA) is 80.7 Å². The van der Waals surface area contributed by atoms with Crippen LogP contribution in [0.4, 0.5) is 14.5 Å². The third-order valence-electron chi connectivity index (χ3n) is 5.83. The van der Waals surface area contributed by atoms with Crippen LogP contribution < -0.4 is 14.8 Å². The summed E-state index contributed by atoms with van der Waals surface area (Å²) in [5, 5.41) is 12.8. The number of ether oxygens (including phenoxy) is 2. The quantitative estimate of drug-likeness (QED) is 0.664. The molecule has 2 N–H and O–H groups in total. The van der Waals surface area contributed by atoms with Crippen LogP contribution in [-0.2, 0) is 10.2 Å². The predicted molar refractivity (Wildman–Crippen MR) is 113 cm³/mol. The van der Waals surface area contributed by atoms with E-state index in [-0.39, 0.29) is 23.4 Å². The number of alkyl halides is 2. The number of nitrogens with zero attached hydrogens (tertiary/aromatic N) is 1.